The summed E-state index contributed by atoms with van der Waals surface area (Å²) >= 11 is 0. The van der Waals surface area contributed by atoms with Crippen LogP contribution in [0.1, 0.15) is 61.5 Å². The number of hydrogen-bond acceptors (Lipinski definition) is 4. The summed E-state index contributed by atoms with van der Waals surface area (Å²) in [5.41, 5.74) is 3.09. The number of carbonyl (C=O) groups excluding carboxylic acids is 2. The largest absolute Gasteiger partial charge is 0.352 e. The number of amides is 2. The Balaban J connectivity index is 1.65. The van der Waals surface area contributed by atoms with Gasteiger partial charge >= 0.3 is 0 Å². The summed E-state index contributed by atoms with van der Waals surface area (Å²) in [4.78, 5) is 26.4. The van der Waals surface area contributed by atoms with E-state index in [4.69, 9.17) is 0 Å². The molecule has 2 fully saturated rings. The predicted molar refractivity (Wildman–Crippen MR) is 99.6 cm³/mol. The highest BCUT2D eigenvalue weighted by atomic mass is 16.2. The predicted octanol–water partition coefficient (Wildman–Crippen LogP) is 1.35. The quantitative estimate of drug-likeness (QED) is 0.830. The Morgan fingerprint density at radius 1 is 1.19 bits per heavy atom. The van der Waals surface area contributed by atoms with E-state index < -0.39 is 0 Å². The van der Waals surface area contributed by atoms with Gasteiger partial charge in [-0.3, -0.25) is 14.3 Å². The highest BCUT2D eigenvalue weighted by Gasteiger charge is 2.41. The van der Waals surface area contributed by atoms with Crippen molar-refractivity contribution < 1.29 is 9.59 Å². The monoisotopic (exact) mass is 361 g/mol. The molecule has 7 nitrogen and oxygen atoms in total. The highest BCUT2D eigenvalue weighted by molar-refractivity contribution is 5.81. The number of aryl methyl sites for hydroxylation is 2. The summed E-state index contributed by atoms with van der Waals surface area (Å²) in [6.07, 6.45) is 6.22. The van der Waals surface area contributed by atoms with Crippen LogP contribution in [0.3, 0.4) is 0 Å². The smallest absolute Gasteiger partial charge is 0.234 e. The van der Waals surface area contributed by atoms with Crippen LogP contribution in [0, 0.1) is 13.8 Å². The molecule has 2 amide bonds. The van der Waals surface area contributed by atoms with E-state index in [-0.39, 0.29) is 30.4 Å². The van der Waals surface area contributed by atoms with Crippen LogP contribution in [0.5, 0.6) is 0 Å². The standard InChI is InChI=1S/C19H31N5O2/c1-12-18(13(2)24(4)22-12)19-15(10-17(26)23(19)3)20-11-16(25)21-14-8-6-5-7-9-14/h14-15,19-20H,5-11H2,1-4H3,(H,21,25)/t15-,19-/m1/s1. The van der Waals surface area contributed by atoms with Crippen LogP contribution < -0.4 is 10.6 Å². The molecule has 7 heteroatoms. The molecule has 1 aliphatic heterocycles. The normalized spacial score (nSPS) is 24.3. The van der Waals surface area contributed by atoms with Gasteiger partial charge in [-0.1, -0.05) is 19.3 Å². The Kier molecular flexibility index (Phi) is 5.65. The molecule has 144 valence electrons. The molecule has 26 heavy (non-hydrogen) atoms. The Hall–Kier alpha value is -1.89. The molecular weight excluding hydrogens is 330 g/mol. The number of nitrogens with one attached hydrogen (secondary N) is 2. The molecule has 0 aromatic carbocycles. The third-order valence-electron chi connectivity index (χ3n) is 5.94. The molecule has 2 atom stereocenters. The van der Waals surface area contributed by atoms with E-state index in [1.165, 1.54) is 19.3 Å². The lowest BCUT2D eigenvalue weighted by molar-refractivity contribution is -0.127. The van der Waals surface area contributed by atoms with Gasteiger partial charge in [0.2, 0.25) is 11.8 Å². The van der Waals surface area contributed by atoms with E-state index in [1.807, 2.05) is 32.6 Å². The molecule has 2 N–H and O–H groups in total. The highest BCUT2D eigenvalue weighted by Crippen LogP contribution is 2.35. The van der Waals surface area contributed by atoms with Crippen LogP contribution in [0.4, 0.5) is 0 Å². The van der Waals surface area contributed by atoms with Gasteiger partial charge in [-0.2, -0.15) is 5.10 Å². The average molecular weight is 361 g/mol. The van der Waals surface area contributed by atoms with Gasteiger partial charge in [0.1, 0.15) is 0 Å². The minimum atomic E-state index is -0.0846. The molecule has 0 spiro atoms. The van der Waals surface area contributed by atoms with Crippen molar-refractivity contribution in [3.05, 3.63) is 17.0 Å². The number of nitrogens with zero attached hydrogens (tertiary/aromatic N) is 3. The zero-order chi connectivity index (χ0) is 18.8. The zero-order valence-electron chi connectivity index (χ0n) is 16.3. The molecule has 3 rings (SSSR count). The fraction of sp³-hybridized carbons (Fsp3) is 0.737. The molecule has 0 radical (unpaired) electrons. The number of rotatable bonds is 5. The first kappa shape index (κ1) is 18.9. The molecule has 2 aliphatic rings. The molecule has 0 unspecified atom stereocenters. The van der Waals surface area contributed by atoms with Crippen molar-refractivity contribution in [2.24, 2.45) is 7.05 Å². The first-order chi connectivity index (χ1) is 12.4. The first-order valence-electron chi connectivity index (χ1n) is 9.67. The van der Waals surface area contributed by atoms with Gasteiger partial charge in [-0.05, 0) is 26.7 Å². The summed E-state index contributed by atoms with van der Waals surface area (Å²) in [5.74, 6) is 0.125. The van der Waals surface area contributed by atoms with Crippen molar-refractivity contribution >= 4 is 11.8 Å². The van der Waals surface area contributed by atoms with Crippen molar-refractivity contribution in [2.75, 3.05) is 13.6 Å². The molecule has 0 bridgehead atoms. The molecule has 1 aliphatic carbocycles. The van der Waals surface area contributed by atoms with E-state index in [9.17, 15) is 9.59 Å². The summed E-state index contributed by atoms with van der Waals surface area (Å²) in [5, 5.41) is 11.0. The van der Waals surface area contributed by atoms with Gasteiger partial charge in [0.15, 0.2) is 0 Å². The van der Waals surface area contributed by atoms with Gasteiger partial charge in [-0.15, -0.1) is 0 Å². The minimum absolute atomic E-state index is 0.0253. The van der Waals surface area contributed by atoms with Gasteiger partial charge in [-0.25, -0.2) is 0 Å². The molecule has 2 heterocycles. The van der Waals surface area contributed by atoms with E-state index in [0.717, 1.165) is 29.8 Å². The van der Waals surface area contributed by atoms with E-state index in [2.05, 4.69) is 15.7 Å². The maximum absolute atomic E-state index is 12.3. The SMILES string of the molecule is Cc1nn(C)c(C)c1[C@H]1[C@H](NCC(=O)NC2CCCCC2)CC(=O)N1C. The number of likely N-dealkylation sites (N-methyl/N-ethyl adjacent to an activating group) is 1. The van der Waals surface area contributed by atoms with Gasteiger partial charge in [0.25, 0.3) is 0 Å². The number of aromatic nitrogens is 2. The number of likely N-dealkylation sites (tertiary alicyclic amines) is 1. The summed E-state index contributed by atoms with van der Waals surface area (Å²) in [6, 6.07) is 0.148. The van der Waals surface area contributed by atoms with Crippen molar-refractivity contribution in [3.8, 4) is 0 Å². The van der Waals surface area contributed by atoms with Crippen molar-refractivity contribution in [3.63, 3.8) is 0 Å². The summed E-state index contributed by atoms with van der Waals surface area (Å²) < 4.78 is 1.86. The maximum atomic E-state index is 12.3. The Labute approximate surface area is 155 Å². The second-order valence-electron chi connectivity index (χ2n) is 7.75. The lowest BCUT2D eigenvalue weighted by Crippen LogP contribution is -2.45. The molecule has 1 saturated heterocycles. The van der Waals surface area contributed by atoms with E-state index in [1.54, 1.807) is 4.90 Å². The molecule has 1 aromatic rings. The summed E-state index contributed by atoms with van der Waals surface area (Å²) in [6.45, 7) is 4.25. The van der Waals surface area contributed by atoms with Crippen LogP contribution in [0.25, 0.3) is 0 Å². The Bertz CT molecular complexity index is 678. The topological polar surface area (TPSA) is 79.3 Å². The lowest BCUT2D eigenvalue weighted by atomic mass is 9.95. The van der Waals surface area contributed by atoms with Gasteiger partial charge < -0.3 is 15.5 Å². The van der Waals surface area contributed by atoms with Crippen LogP contribution in [-0.4, -0.2) is 52.2 Å². The first-order valence-corrected chi connectivity index (χ1v) is 9.67. The maximum Gasteiger partial charge on any atom is 0.234 e. The van der Waals surface area contributed by atoms with Gasteiger partial charge in [0, 0.05) is 43.9 Å². The second kappa shape index (κ2) is 7.78. The number of carbonyl (C=O) groups is 2. The molecular formula is C19H31N5O2. The number of hydrogen-bond donors (Lipinski definition) is 2. The zero-order valence-corrected chi connectivity index (χ0v) is 16.3. The van der Waals surface area contributed by atoms with Crippen LogP contribution >= 0.6 is 0 Å². The average Bonchev–Trinajstić information content (AvgIpc) is 3.02. The third-order valence-corrected chi connectivity index (χ3v) is 5.94. The van der Waals surface area contributed by atoms with Crippen molar-refractivity contribution in [1.29, 1.82) is 0 Å². The van der Waals surface area contributed by atoms with E-state index in [0.29, 0.717) is 12.5 Å². The molecule has 1 saturated carbocycles. The van der Waals surface area contributed by atoms with Crippen molar-refractivity contribution in [2.45, 2.75) is 70.5 Å². The van der Waals surface area contributed by atoms with Crippen LogP contribution in [0.15, 0.2) is 0 Å². The minimum Gasteiger partial charge on any atom is -0.352 e. The van der Waals surface area contributed by atoms with Crippen LogP contribution in [0.2, 0.25) is 0 Å². The second-order valence-corrected chi connectivity index (χ2v) is 7.75. The van der Waals surface area contributed by atoms with E-state index >= 15 is 0 Å². The lowest BCUT2D eigenvalue weighted by Gasteiger charge is -2.27. The Morgan fingerprint density at radius 3 is 2.50 bits per heavy atom. The fourth-order valence-electron chi connectivity index (χ4n) is 4.41. The molecule has 1 aromatic heterocycles. The Morgan fingerprint density at radius 2 is 1.88 bits per heavy atom. The third kappa shape index (κ3) is 3.77. The van der Waals surface area contributed by atoms with Crippen LogP contribution in [-0.2, 0) is 16.6 Å². The van der Waals surface area contributed by atoms with Crippen molar-refractivity contribution in [1.82, 2.24) is 25.3 Å². The summed E-state index contributed by atoms with van der Waals surface area (Å²) in [7, 11) is 3.76. The fourth-order valence-corrected chi connectivity index (χ4v) is 4.41. The van der Waals surface area contributed by atoms with Gasteiger partial charge in [0.05, 0.1) is 18.3 Å².